The van der Waals surface area contributed by atoms with Crippen molar-refractivity contribution in [1.29, 1.82) is 0 Å². The van der Waals surface area contributed by atoms with E-state index in [0.717, 1.165) is 27.3 Å². The fourth-order valence-electron chi connectivity index (χ4n) is 3.78. The number of hydrogen-bond acceptors (Lipinski definition) is 4. The third-order valence-electron chi connectivity index (χ3n) is 5.08. The van der Waals surface area contributed by atoms with Crippen LogP contribution in [0.4, 0.5) is 10.5 Å². The summed E-state index contributed by atoms with van der Waals surface area (Å²) in [5, 5.41) is 5.58. The van der Waals surface area contributed by atoms with Gasteiger partial charge < -0.3 is 10.6 Å². The fourth-order valence-corrected chi connectivity index (χ4v) is 4.24. The molecule has 2 aromatic rings. The average molecular weight is 381 g/mol. The van der Waals surface area contributed by atoms with Crippen molar-refractivity contribution >= 4 is 35.3 Å². The Kier molecular flexibility index (Phi) is 4.39. The van der Waals surface area contributed by atoms with Crippen molar-refractivity contribution in [3.05, 3.63) is 59.7 Å². The summed E-state index contributed by atoms with van der Waals surface area (Å²) in [5.74, 6) is -0.759. The normalized spacial score (nSPS) is 20.7. The summed E-state index contributed by atoms with van der Waals surface area (Å²) < 4.78 is 0. The number of aryl methyl sites for hydroxylation is 1. The molecule has 2 aromatic carbocycles. The highest BCUT2D eigenvalue weighted by Crippen LogP contribution is 2.41. The van der Waals surface area contributed by atoms with Gasteiger partial charge in [0.15, 0.2) is 0 Å². The number of anilines is 1. The van der Waals surface area contributed by atoms with Crippen molar-refractivity contribution in [2.24, 2.45) is 0 Å². The average Bonchev–Trinajstić information content (AvgIpc) is 3.15. The molecular weight excluding hydrogens is 362 g/mol. The van der Waals surface area contributed by atoms with Crippen LogP contribution in [0.25, 0.3) is 0 Å². The first-order valence-electron chi connectivity index (χ1n) is 8.70. The number of nitrogens with zero attached hydrogens (tertiary/aromatic N) is 1. The first kappa shape index (κ1) is 17.6. The highest BCUT2D eigenvalue weighted by molar-refractivity contribution is 7.98. The summed E-state index contributed by atoms with van der Waals surface area (Å²) in [6, 6.07) is 14.5. The second-order valence-corrected chi connectivity index (χ2v) is 7.54. The number of nitrogens with one attached hydrogen (secondary N) is 2. The second kappa shape index (κ2) is 6.74. The van der Waals surface area contributed by atoms with E-state index in [0.29, 0.717) is 12.1 Å². The van der Waals surface area contributed by atoms with Crippen LogP contribution in [-0.4, -0.2) is 35.5 Å². The van der Waals surface area contributed by atoms with E-state index < -0.39 is 17.5 Å². The molecule has 4 rings (SSSR count). The summed E-state index contributed by atoms with van der Waals surface area (Å²) in [6.45, 7) is -0.307. The molecule has 2 N–H and O–H groups in total. The van der Waals surface area contributed by atoms with Gasteiger partial charge in [-0.2, -0.15) is 0 Å². The van der Waals surface area contributed by atoms with Crippen molar-refractivity contribution in [1.82, 2.24) is 10.2 Å². The number of amides is 4. The molecule has 1 saturated heterocycles. The van der Waals surface area contributed by atoms with Crippen molar-refractivity contribution in [3.63, 3.8) is 0 Å². The highest BCUT2D eigenvalue weighted by Gasteiger charge is 2.55. The Bertz CT molecular complexity index is 946. The fraction of sp³-hybridized carbons (Fsp3) is 0.250. The number of rotatable bonds is 4. The standard InChI is InChI=1S/C20H19N3O3S/c1-27-15-7-4-6-14(11-15)21-17(24)12-23-18(25)20(22-19(23)26)10-9-13-5-2-3-8-16(13)20/h2-8,11H,9-10,12H2,1H3,(H,21,24)(H,22,26)/t20-/m0/s1. The first-order chi connectivity index (χ1) is 13.0. The maximum atomic E-state index is 13.1. The Hall–Kier alpha value is -2.80. The number of carbonyl (C=O) groups is 3. The molecule has 27 heavy (non-hydrogen) atoms. The first-order valence-corrected chi connectivity index (χ1v) is 9.92. The molecule has 2 aliphatic rings. The van der Waals surface area contributed by atoms with Crippen LogP contribution in [0, 0.1) is 0 Å². The van der Waals surface area contributed by atoms with E-state index in [9.17, 15) is 14.4 Å². The van der Waals surface area contributed by atoms with Crippen molar-refractivity contribution in [2.75, 3.05) is 18.1 Å². The highest BCUT2D eigenvalue weighted by atomic mass is 32.2. The molecule has 1 atom stereocenters. The minimum absolute atomic E-state index is 0.307. The molecule has 6 nitrogen and oxygen atoms in total. The minimum Gasteiger partial charge on any atom is -0.324 e. The van der Waals surface area contributed by atoms with E-state index >= 15 is 0 Å². The predicted molar refractivity (Wildman–Crippen MR) is 104 cm³/mol. The van der Waals surface area contributed by atoms with Crippen LogP contribution in [0.15, 0.2) is 53.4 Å². The molecule has 7 heteroatoms. The number of benzene rings is 2. The van der Waals surface area contributed by atoms with Gasteiger partial charge in [0.05, 0.1) is 0 Å². The van der Waals surface area contributed by atoms with E-state index in [1.807, 2.05) is 48.7 Å². The van der Waals surface area contributed by atoms with Gasteiger partial charge in [-0.1, -0.05) is 30.3 Å². The minimum atomic E-state index is -1.03. The number of carbonyl (C=O) groups excluding carboxylic acids is 3. The summed E-state index contributed by atoms with van der Waals surface area (Å²) in [4.78, 5) is 39.9. The molecule has 0 saturated carbocycles. The quantitative estimate of drug-likeness (QED) is 0.631. The van der Waals surface area contributed by atoms with E-state index in [1.165, 1.54) is 0 Å². The van der Waals surface area contributed by atoms with Gasteiger partial charge in [-0.3, -0.25) is 14.5 Å². The number of thioether (sulfide) groups is 1. The number of fused-ring (bicyclic) bond motifs is 2. The van der Waals surface area contributed by atoms with Crippen molar-refractivity contribution in [2.45, 2.75) is 23.3 Å². The summed E-state index contributed by atoms with van der Waals surface area (Å²) in [6.07, 6.45) is 3.20. The van der Waals surface area contributed by atoms with Crippen LogP contribution in [-0.2, 0) is 21.5 Å². The Morgan fingerprint density at radius 3 is 2.85 bits per heavy atom. The topological polar surface area (TPSA) is 78.5 Å². The summed E-state index contributed by atoms with van der Waals surface area (Å²) >= 11 is 1.57. The van der Waals surface area contributed by atoms with Gasteiger partial charge in [0, 0.05) is 10.6 Å². The Balaban J connectivity index is 1.51. The van der Waals surface area contributed by atoms with E-state index in [-0.39, 0.29) is 12.5 Å². The zero-order valence-corrected chi connectivity index (χ0v) is 15.6. The van der Waals surface area contributed by atoms with Crippen LogP contribution in [0.3, 0.4) is 0 Å². The molecule has 1 aliphatic heterocycles. The predicted octanol–water partition coefficient (Wildman–Crippen LogP) is 2.74. The maximum Gasteiger partial charge on any atom is 0.325 e. The maximum absolute atomic E-state index is 13.1. The molecule has 0 bridgehead atoms. The van der Waals surface area contributed by atoms with Gasteiger partial charge in [-0.05, 0) is 48.4 Å². The molecule has 1 fully saturated rings. The van der Waals surface area contributed by atoms with E-state index in [2.05, 4.69) is 10.6 Å². The summed E-state index contributed by atoms with van der Waals surface area (Å²) in [5.41, 5.74) is 1.50. The Labute approximate surface area is 161 Å². The third-order valence-corrected chi connectivity index (χ3v) is 5.80. The molecular formula is C20H19N3O3S. The lowest BCUT2D eigenvalue weighted by Gasteiger charge is -2.22. The lowest BCUT2D eigenvalue weighted by molar-refractivity contribution is -0.134. The summed E-state index contributed by atoms with van der Waals surface area (Å²) in [7, 11) is 0. The van der Waals surface area contributed by atoms with Gasteiger partial charge in [0.25, 0.3) is 5.91 Å². The Morgan fingerprint density at radius 1 is 1.22 bits per heavy atom. The smallest absolute Gasteiger partial charge is 0.324 e. The second-order valence-electron chi connectivity index (χ2n) is 6.66. The van der Waals surface area contributed by atoms with Crippen LogP contribution < -0.4 is 10.6 Å². The molecule has 0 unspecified atom stereocenters. The van der Waals surface area contributed by atoms with Crippen LogP contribution in [0.1, 0.15) is 17.5 Å². The van der Waals surface area contributed by atoms with Gasteiger partial charge in [0.1, 0.15) is 12.1 Å². The lowest BCUT2D eigenvalue weighted by atomic mass is 9.92. The van der Waals surface area contributed by atoms with E-state index in [4.69, 9.17) is 0 Å². The largest absolute Gasteiger partial charge is 0.325 e. The van der Waals surface area contributed by atoms with Crippen LogP contribution in [0.5, 0.6) is 0 Å². The Morgan fingerprint density at radius 2 is 2.04 bits per heavy atom. The molecule has 1 spiro atoms. The van der Waals surface area contributed by atoms with E-state index in [1.54, 1.807) is 17.8 Å². The van der Waals surface area contributed by atoms with Gasteiger partial charge in [-0.15, -0.1) is 11.8 Å². The number of urea groups is 1. The molecule has 1 aliphatic carbocycles. The molecule has 1 heterocycles. The van der Waals surface area contributed by atoms with Gasteiger partial charge in [-0.25, -0.2) is 4.79 Å². The molecule has 138 valence electrons. The lowest BCUT2D eigenvalue weighted by Crippen LogP contribution is -2.42. The zero-order chi connectivity index (χ0) is 19.0. The van der Waals surface area contributed by atoms with Gasteiger partial charge in [0.2, 0.25) is 5.91 Å². The van der Waals surface area contributed by atoms with Crippen LogP contribution in [0.2, 0.25) is 0 Å². The number of hydrogen-bond donors (Lipinski definition) is 2. The van der Waals surface area contributed by atoms with Gasteiger partial charge >= 0.3 is 6.03 Å². The third kappa shape index (κ3) is 2.98. The zero-order valence-electron chi connectivity index (χ0n) is 14.8. The molecule has 0 aromatic heterocycles. The van der Waals surface area contributed by atoms with Crippen molar-refractivity contribution in [3.8, 4) is 0 Å². The number of imide groups is 1. The molecule has 4 amide bonds. The molecule has 0 radical (unpaired) electrons. The van der Waals surface area contributed by atoms with Crippen molar-refractivity contribution < 1.29 is 14.4 Å². The SMILES string of the molecule is CSc1cccc(NC(=O)CN2C(=O)N[C@]3(CCc4ccccc43)C2=O)c1. The van der Waals surface area contributed by atoms with Crippen LogP contribution >= 0.6 is 11.8 Å². The monoisotopic (exact) mass is 381 g/mol.